The van der Waals surface area contributed by atoms with Gasteiger partial charge in [0.2, 0.25) is 5.91 Å². The van der Waals surface area contributed by atoms with Crippen LogP contribution in [0.3, 0.4) is 0 Å². The van der Waals surface area contributed by atoms with Crippen molar-refractivity contribution < 1.29 is 9.59 Å². The average molecular weight is 356 g/mol. The highest BCUT2D eigenvalue weighted by Crippen LogP contribution is 2.34. The molecule has 6 nitrogen and oxygen atoms in total. The molecule has 0 radical (unpaired) electrons. The third-order valence-electron chi connectivity index (χ3n) is 4.28. The highest BCUT2D eigenvalue weighted by Gasteiger charge is 2.36. The van der Waals surface area contributed by atoms with Crippen molar-refractivity contribution in [1.82, 2.24) is 4.90 Å². The summed E-state index contributed by atoms with van der Waals surface area (Å²) in [6.45, 7) is 3.83. The van der Waals surface area contributed by atoms with Gasteiger partial charge in [-0.1, -0.05) is 12.1 Å². The number of guanidine groups is 1. The fourth-order valence-corrected chi connectivity index (χ4v) is 3.52. The van der Waals surface area contributed by atoms with Crippen molar-refractivity contribution in [2.45, 2.75) is 25.8 Å². The number of hydrogen-bond acceptors (Lipinski definition) is 5. The molecule has 3 N–H and O–H groups in total. The Morgan fingerprint density at radius 2 is 2.12 bits per heavy atom. The summed E-state index contributed by atoms with van der Waals surface area (Å²) in [4.78, 5) is 32.1. The molecule has 7 heteroatoms. The predicted molar refractivity (Wildman–Crippen MR) is 99.8 cm³/mol. The van der Waals surface area contributed by atoms with Crippen LogP contribution in [0.4, 0.5) is 5.69 Å². The van der Waals surface area contributed by atoms with Gasteiger partial charge in [0.25, 0.3) is 5.91 Å². The smallest absolute Gasteiger partial charge is 0.265 e. The van der Waals surface area contributed by atoms with Crippen LogP contribution in [-0.2, 0) is 10.3 Å². The van der Waals surface area contributed by atoms with Gasteiger partial charge in [-0.2, -0.15) is 0 Å². The number of aliphatic imine (C=N–C) groups is 1. The first kappa shape index (κ1) is 17.2. The molecule has 2 amide bonds. The number of thiophene rings is 1. The number of benzene rings is 1. The van der Waals surface area contributed by atoms with Crippen LogP contribution in [0.15, 0.2) is 41.4 Å². The monoisotopic (exact) mass is 356 g/mol. The van der Waals surface area contributed by atoms with Crippen LogP contribution in [0.2, 0.25) is 0 Å². The molecule has 1 aromatic carbocycles. The zero-order chi connectivity index (χ0) is 18.2. The number of nitrogens with two attached hydrogens (primary N) is 1. The number of nitrogens with one attached hydrogen (secondary N) is 1. The third kappa shape index (κ3) is 3.41. The second kappa shape index (κ2) is 6.33. The molecule has 0 aliphatic carbocycles. The molecule has 2 aromatic rings. The number of carbonyl (C=O) groups excluding carboxylic acids is 2. The number of carbonyl (C=O) groups is 2. The molecule has 0 bridgehead atoms. The fourth-order valence-electron chi connectivity index (χ4n) is 2.76. The maximum atomic E-state index is 12.3. The van der Waals surface area contributed by atoms with E-state index in [1.807, 2.05) is 44.2 Å². The van der Waals surface area contributed by atoms with Crippen molar-refractivity contribution in [3.63, 3.8) is 0 Å². The Morgan fingerprint density at radius 1 is 1.36 bits per heavy atom. The Kier molecular flexibility index (Phi) is 4.34. The average Bonchev–Trinajstić information content (AvgIpc) is 2.99. The lowest BCUT2D eigenvalue weighted by molar-refractivity contribution is -0.128. The van der Waals surface area contributed by atoms with E-state index in [1.165, 1.54) is 16.2 Å². The van der Waals surface area contributed by atoms with E-state index in [-0.39, 0.29) is 24.2 Å². The maximum Gasteiger partial charge on any atom is 0.265 e. The quantitative estimate of drug-likeness (QED) is 0.886. The van der Waals surface area contributed by atoms with Crippen LogP contribution in [0.5, 0.6) is 0 Å². The van der Waals surface area contributed by atoms with E-state index in [2.05, 4.69) is 10.3 Å². The Balaban J connectivity index is 1.87. The molecule has 1 unspecified atom stereocenters. The zero-order valence-electron chi connectivity index (χ0n) is 14.4. The highest BCUT2D eigenvalue weighted by molar-refractivity contribution is 7.14. The molecule has 1 aliphatic rings. The second-order valence-corrected chi connectivity index (χ2v) is 7.61. The largest absolute Gasteiger partial charge is 0.369 e. The molecule has 0 fully saturated rings. The van der Waals surface area contributed by atoms with Gasteiger partial charge in [-0.15, -0.1) is 11.3 Å². The number of nitrogens with zero attached hydrogens (tertiary/aromatic N) is 2. The normalized spacial score (nSPS) is 20.4. The van der Waals surface area contributed by atoms with Crippen molar-refractivity contribution in [3.8, 4) is 0 Å². The Labute approximate surface area is 150 Å². The topological polar surface area (TPSA) is 87.8 Å². The predicted octanol–water partition coefficient (Wildman–Crippen LogP) is 2.70. The van der Waals surface area contributed by atoms with Crippen LogP contribution in [-0.4, -0.2) is 29.7 Å². The third-order valence-corrected chi connectivity index (χ3v) is 5.28. The Bertz CT molecular complexity index is 873. The SMILES string of the molecule is Cc1ccc(C(=O)Nc2cccc(C3(C)CC(=O)N(C)C(N)=N3)c2)s1. The van der Waals surface area contributed by atoms with Crippen molar-refractivity contribution in [2.24, 2.45) is 10.7 Å². The van der Waals surface area contributed by atoms with E-state index in [9.17, 15) is 9.59 Å². The lowest BCUT2D eigenvalue weighted by Gasteiger charge is -2.33. The van der Waals surface area contributed by atoms with E-state index in [4.69, 9.17) is 5.73 Å². The van der Waals surface area contributed by atoms with E-state index < -0.39 is 5.54 Å². The lowest BCUT2D eigenvalue weighted by atomic mass is 9.87. The summed E-state index contributed by atoms with van der Waals surface area (Å²) in [5.41, 5.74) is 6.62. The molecule has 25 heavy (non-hydrogen) atoms. The Hall–Kier alpha value is -2.67. The first-order chi connectivity index (χ1) is 11.8. The van der Waals surface area contributed by atoms with Crippen molar-refractivity contribution in [3.05, 3.63) is 51.7 Å². The summed E-state index contributed by atoms with van der Waals surface area (Å²) in [5.74, 6) is -0.0383. The van der Waals surface area contributed by atoms with Crippen LogP contribution in [0.25, 0.3) is 0 Å². The fraction of sp³-hybridized carbons (Fsp3) is 0.278. The molecule has 2 heterocycles. The minimum atomic E-state index is -0.742. The highest BCUT2D eigenvalue weighted by atomic mass is 32.1. The van der Waals surface area contributed by atoms with Gasteiger partial charge in [-0.25, -0.2) is 4.99 Å². The summed E-state index contributed by atoms with van der Waals surface area (Å²) < 4.78 is 0. The molecule has 0 spiro atoms. The van der Waals surface area contributed by atoms with E-state index >= 15 is 0 Å². The maximum absolute atomic E-state index is 12.3. The molecule has 1 aromatic heterocycles. The van der Waals surface area contributed by atoms with Gasteiger partial charge in [0.05, 0.1) is 16.8 Å². The van der Waals surface area contributed by atoms with Crippen molar-refractivity contribution in [1.29, 1.82) is 0 Å². The molecule has 0 saturated carbocycles. The van der Waals surface area contributed by atoms with Gasteiger partial charge in [0, 0.05) is 17.6 Å². The van der Waals surface area contributed by atoms with Gasteiger partial charge in [-0.05, 0) is 43.7 Å². The van der Waals surface area contributed by atoms with Crippen LogP contribution in [0, 0.1) is 6.92 Å². The van der Waals surface area contributed by atoms with E-state index in [0.29, 0.717) is 10.6 Å². The minimum absolute atomic E-state index is 0.0847. The molecular formula is C18H20N4O2S. The molecule has 3 rings (SSSR count). The number of anilines is 1. The molecule has 0 saturated heterocycles. The van der Waals surface area contributed by atoms with Gasteiger partial charge in [0.1, 0.15) is 0 Å². The molecule has 1 aliphatic heterocycles. The number of rotatable bonds is 3. The molecule has 1 atom stereocenters. The van der Waals surface area contributed by atoms with Gasteiger partial charge in [0.15, 0.2) is 5.96 Å². The Morgan fingerprint density at radius 3 is 2.76 bits per heavy atom. The first-order valence-electron chi connectivity index (χ1n) is 7.89. The standard InChI is InChI=1S/C18H20N4O2S/c1-11-7-8-14(25-11)16(24)20-13-6-4-5-12(9-13)18(2)10-15(23)22(3)17(19)21-18/h4-9H,10H2,1-3H3,(H2,19,21)(H,20,24). The zero-order valence-corrected chi connectivity index (χ0v) is 15.2. The van der Waals surface area contributed by atoms with Gasteiger partial charge < -0.3 is 11.1 Å². The second-order valence-electron chi connectivity index (χ2n) is 6.32. The minimum Gasteiger partial charge on any atom is -0.369 e. The first-order valence-corrected chi connectivity index (χ1v) is 8.70. The lowest BCUT2D eigenvalue weighted by Crippen LogP contribution is -2.47. The van der Waals surface area contributed by atoms with E-state index in [1.54, 1.807) is 13.1 Å². The van der Waals surface area contributed by atoms with Crippen LogP contribution >= 0.6 is 11.3 Å². The number of amides is 2. The van der Waals surface area contributed by atoms with Crippen molar-refractivity contribution >= 4 is 34.8 Å². The summed E-state index contributed by atoms with van der Waals surface area (Å²) in [6, 6.07) is 11.1. The summed E-state index contributed by atoms with van der Waals surface area (Å²) in [6.07, 6.45) is 0.228. The summed E-state index contributed by atoms with van der Waals surface area (Å²) in [7, 11) is 1.61. The molecule has 130 valence electrons. The molecular weight excluding hydrogens is 336 g/mol. The number of hydrogen-bond donors (Lipinski definition) is 2. The van der Waals surface area contributed by atoms with Gasteiger partial charge >= 0.3 is 0 Å². The van der Waals surface area contributed by atoms with Crippen molar-refractivity contribution in [2.75, 3.05) is 12.4 Å². The van der Waals surface area contributed by atoms with Crippen LogP contribution < -0.4 is 11.1 Å². The van der Waals surface area contributed by atoms with Crippen LogP contribution in [0.1, 0.15) is 33.5 Å². The number of aryl methyl sites for hydroxylation is 1. The van der Waals surface area contributed by atoms with E-state index in [0.717, 1.165) is 10.4 Å². The summed E-state index contributed by atoms with van der Waals surface area (Å²) in [5, 5.41) is 2.90. The van der Waals surface area contributed by atoms with Gasteiger partial charge in [-0.3, -0.25) is 14.5 Å². The summed E-state index contributed by atoms with van der Waals surface area (Å²) >= 11 is 1.45.